The second-order valence-corrected chi connectivity index (χ2v) is 14.4. The highest BCUT2D eigenvalue weighted by atomic mass is 19.2. The first-order chi connectivity index (χ1) is 22.4. The summed E-state index contributed by atoms with van der Waals surface area (Å²) < 4.78 is 44.9. The number of ether oxygens (including phenoxy) is 3. The van der Waals surface area contributed by atoms with Gasteiger partial charge >= 0.3 is 12.2 Å². The van der Waals surface area contributed by atoms with Crippen LogP contribution in [0.2, 0.25) is 0 Å². The molecule has 4 amide bonds. The van der Waals surface area contributed by atoms with Crippen LogP contribution in [0.3, 0.4) is 0 Å². The summed E-state index contributed by atoms with van der Waals surface area (Å²) >= 11 is 0. The van der Waals surface area contributed by atoms with E-state index < -0.39 is 76.9 Å². The molecule has 13 heteroatoms. The highest BCUT2D eigenvalue weighted by Crippen LogP contribution is 2.37. The maximum atomic E-state index is 14.4. The van der Waals surface area contributed by atoms with Gasteiger partial charge in [0.05, 0.1) is 18.6 Å². The second-order valence-electron chi connectivity index (χ2n) is 14.4. The van der Waals surface area contributed by atoms with E-state index >= 15 is 0 Å². The van der Waals surface area contributed by atoms with Gasteiger partial charge in [-0.05, 0) is 57.2 Å². The molecule has 2 aliphatic heterocycles. The van der Waals surface area contributed by atoms with E-state index in [0.29, 0.717) is 6.42 Å². The van der Waals surface area contributed by atoms with Crippen LogP contribution in [0, 0.1) is 17.0 Å². The molecule has 0 aromatic heterocycles. The summed E-state index contributed by atoms with van der Waals surface area (Å²) in [6.07, 6.45) is -1.68. The molecule has 2 fully saturated rings. The van der Waals surface area contributed by atoms with Gasteiger partial charge in [-0.1, -0.05) is 51.1 Å². The van der Waals surface area contributed by atoms with Gasteiger partial charge in [-0.2, -0.15) is 0 Å². The predicted octanol–water partition coefficient (Wildman–Crippen LogP) is 5.12. The van der Waals surface area contributed by atoms with Crippen LogP contribution in [0.15, 0.2) is 48.5 Å². The number of carbonyl (C=O) groups excluding carboxylic acids is 4. The molecule has 2 saturated heterocycles. The molecule has 5 unspecified atom stereocenters. The number of likely N-dealkylation sites (N-methyl/N-ethyl adjacent to an activating group) is 1. The van der Waals surface area contributed by atoms with Crippen molar-refractivity contribution in [1.82, 2.24) is 20.0 Å². The molecule has 0 radical (unpaired) electrons. The van der Waals surface area contributed by atoms with Gasteiger partial charge in [0, 0.05) is 19.7 Å². The number of nitrogens with zero attached hydrogens (tertiary/aromatic N) is 3. The first kappa shape index (κ1) is 36.4. The third-order valence-corrected chi connectivity index (χ3v) is 8.52. The zero-order chi connectivity index (χ0) is 35.6. The summed E-state index contributed by atoms with van der Waals surface area (Å²) in [5.41, 5.74) is -0.752. The van der Waals surface area contributed by atoms with E-state index in [2.05, 4.69) is 5.32 Å². The van der Waals surface area contributed by atoms with E-state index in [4.69, 9.17) is 14.2 Å². The fourth-order valence-corrected chi connectivity index (χ4v) is 5.88. The van der Waals surface area contributed by atoms with Gasteiger partial charge in [-0.25, -0.2) is 18.4 Å². The van der Waals surface area contributed by atoms with Crippen molar-refractivity contribution in [3.05, 3.63) is 65.7 Å². The Hall–Kier alpha value is -4.42. The zero-order valence-corrected chi connectivity index (χ0v) is 28.8. The molecule has 4 rings (SSSR count). The summed E-state index contributed by atoms with van der Waals surface area (Å²) in [6, 6.07) is 9.12. The van der Waals surface area contributed by atoms with Gasteiger partial charge in [0.2, 0.25) is 11.8 Å². The minimum absolute atomic E-state index is 0.0342. The molecule has 2 aliphatic rings. The van der Waals surface area contributed by atoms with Crippen molar-refractivity contribution < 1.29 is 42.2 Å². The van der Waals surface area contributed by atoms with E-state index in [1.165, 1.54) is 24.9 Å². The van der Waals surface area contributed by atoms with Crippen LogP contribution in [-0.4, -0.2) is 94.7 Å². The minimum atomic E-state index is -1.09. The monoisotopic (exact) mass is 672 g/mol. The van der Waals surface area contributed by atoms with Gasteiger partial charge in [0.15, 0.2) is 11.6 Å². The zero-order valence-electron chi connectivity index (χ0n) is 28.8. The van der Waals surface area contributed by atoms with Crippen molar-refractivity contribution in [2.45, 2.75) is 97.4 Å². The molecule has 0 spiro atoms. The standard InChI is InChI=1S/C35H46F2N4O7/c1-21(39(8)32(44)46-20-22-12-10-9-11-13-22)30(42)38-29(34(2,3)4)31(43)40-17-16-26-28(40)27(19-41(26)33(45)48-35(5,6)7)47-23-14-15-24(36)25(37)18-23/h9-15,18,21,26-29H,16-17,19-20H2,1-8H3,(H,38,42). The molecule has 262 valence electrons. The van der Waals surface area contributed by atoms with Gasteiger partial charge in [-0.15, -0.1) is 0 Å². The summed E-state index contributed by atoms with van der Waals surface area (Å²) in [4.78, 5) is 58.2. The van der Waals surface area contributed by atoms with Crippen molar-refractivity contribution in [2.24, 2.45) is 5.41 Å². The molecule has 11 nitrogen and oxygen atoms in total. The Kier molecular flexibility index (Phi) is 10.9. The Morgan fingerprint density at radius 2 is 1.65 bits per heavy atom. The number of halogens is 2. The number of hydrogen-bond donors (Lipinski definition) is 1. The van der Waals surface area contributed by atoms with Crippen molar-refractivity contribution in [1.29, 1.82) is 0 Å². The van der Waals surface area contributed by atoms with Gasteiger partial charge in [-0.3, -0.25) is 19.4 Å². The molecule has 2 heterocycles. The number of carbonyl (C=O) groups is 4. The Balaban J connectivity index is 1.53. The highest BCUT2D eigenvalue weighted by molar-refractivity contribution is 5.92. The number of fused-ring (bicyclic) bond motifs is 1. The van der Waals surface area contributed by atoms with Crippen LogP contribution in [0.4, 0.5) is 18.4 Å². The van der Waals surface area contributed by atoms with E-state index in [1.807, 2.05) is 51.1 Å². The molecule has 1 N–H and O–H groups in total. The highest BCUT2D eigenvalue weighted by Gasteiger charge is 2.55. The molecule has 2 aromatic rings. The molecule has 5 atom stereocenters. The fourth-order valence-electron chi connectivity index (χ4n) is 5.88. The largest absolute Gasteiger partial charge is 0.486 e. The minimum Gasteiger partial charge on any atom is -0.486 e. The number of benzene rings is 2. The Morgan fingerprint density at radius 1 is 0.979 bits per heavy atom. The Labute approximate surface area is 280 Å². The third kappa shape index (κ3) is 8.53. The van der Waals surface area contributed by atoms with Crippen LogP contribution in [0.1, 0.15) is 60.5 Å². The van der Waals surface area contributed by atoms with Crippen LogP contribution >= 0.6 is 0 Å². The van der Waals surface area contributed by atoms with Crippen LogP contribution in [0.5, 0.6) is 5.75 Å². The molecule has 48 heavy (non-hydrogen) atoms. The van der Waals surface area contributed by atoms with Gasteiger partial charge < -0.3 is 24.4 Å². The number of amides is 4. The van der Waals surface area contributed by atoms with Gasteiger partial charge in [0.1, 0.15) is 36.1 Å². The van der Waals surface area contributed by atoms with E-state index in [0.717, 1.165) is 22.6 Å². The smallest absolute Gasteiger partial charge is 0.410 e. The second kappa shape index (κ2) is 14.4. The topological polar surface area (TPSA) is 118 Å². The average Bonchev–Trinajstić information content (AvgIpc) is 3.60. The van der Waals surface area contributed by atoms with Crippen LogP contribution in [0.25, 0.3) is 0 Å². The predicted molar refractivity (Wildman–Crippen MR) is 173 cm³/mol. The summed E-state index contributed by atoms with van der Waals surface area (Å²) in [6.45, 7) is 12.5. The van der Waals surface area contributed by atoms with Crippen molar-refractivity contribution in [3.63, 3.8) is 0 Å². The fraction of sp³-hybridized carbons (Fsp3) is 0.543. The Morgan fingerprint density at radius 3 is 2.25 bits per heavy atom. The van der Waals surface area contributed by atoms with Crippen LogP contribution in [-0.2, 0) is 25.7 Å². The van der Waals surface area contributed by atoms with Gasteiger partial charge in [0.25, 0.3) is 0 Å². The van der Waals surface area contributed by atoms with E-state index in [1.54, 1.807) is 25.7 Å². The lowest BCUT2D eigenvalue weighted by molar-refractivity contribution is -0.142. The van der Waals surface area contributed by atoms with E-state index in [9.17, 15) is 28.0 Å². The molecule has 0 saturated carbocycles. The maximum absolute atomic E-state index is 14.4. The molecule has 0 bridgehead atoms. The summed E-state index contributed by atoms with van der Waals surface area (Å²) in [5, 5.41) is 2.85. The summed E-state index contributed by atoms with van der Waals surface area (Å²) in [5.74, 6) is -3.05. The number of hydrogen-bond acceptors (Lipinski definition) is 7. The number of nitrogens with one attached hydrogen (secondary N) is 1. The molecule has 2 aromatic carbocycles. The maximum Gasteiger partial charge on any atom is 0.410 e. The first-order valence-corrected chi connectivity index (χ1v) is 16.0. The quantitative estimate of drug-likeness (QED) is 0.414. The third-order valence-electron chi connectivity index (χ3n) is 8.52. The lowest BCUT2D eigenvalue weighted by atomic mass is 9.85. The van der Waals surface area contributed by atoms with Crippen LogP contribution < -0.4 is 10.1 Å². The first-order valence-electron chi connectivity index (χ1n) is 16.0. The van der Waals surface area contributed by atoms with E-state index in [-0.39, 0.29) is 25.4 Å². The molecule has 0 aliphatic carbocycles. The van der Waals surface area contributed by atoms with Crippen molar-refractivity contribution >= 4 is 24.0 Å². The number of rotatable bonds is 8. The normalized spacial score (nSPS) is 20.4. The molecular formula is C35H46F2N4O7. The number of likely N-dealkylation sites (tertiary alicyclic amines) is 2. The lowest BCUT2D eigenvalue weighted by Gasteiger charge is -2.37. The lowest BCUT2D eigenvalue weighted by Crippen LogP contribution is -2.60. The van der Waals surface area contributed by atoms with Crippen molar-refractivity contribution in [3.8, 4) is 5.75 Å². The SMILES string of the molecule is CC(C(=O)NC(C(=O)N1CCC2C1C(Oc1ccc(F)c(F)c1)CN2C(=O)OC(C)(C)C)C(C)(C)C)N(C)C(=O)OCc1ccccc1. The van der Waals surface area contributed by atoms with Crippen molar-refractivity contribution in [2.75, 3.05) is 20.1 Å². The average molecular weight is 673 g/mol. The Bertz CT molecular complexity index is 1490. The summed E-state index contributed by atoms with van der Waals surface area (Å²) in [7, 11) is 1.45. The molecular weight excluding hydrogens is 626 g/mol.